The van der Waals surface area contributed by atoms with E-state index in [-0.39, 0.29) is 45.8 Å². The number of hydrogen-bond donors (Lipinski definition) is 9. The second kappa shape index (κ2) is 37.6. The molecule has 0 saturated carbocycles. The van der Waals surface area contributed by atoms with Crippen molar-refractivity contribution in [2.45, 2.75) is 77.7 Å². The summed E-state index contributed by atoms with van der Waals surface area (Å²) in [5.74, 6) is -2.98. The molecule has 3 aliphatic rings. The SMILES string of the molecule is C.CCC(/C=N/NC(N)=O)NC(=O)CN1C(=O)C(NC(=O)OCc2ccccc2)N=C(c2ccccc2)c2ccccc21.CC[C@@H](/C=N/NC(N)=O)NC(=O)OCC1c2ccccc2-c2ccccc21.O=C(O)CN1C(=O)C(NC(=O)OCc2ccccc2)N=C(c2ccccc2)c2ccccc21. The number of aliphatic carboxylic acids is 1. The van der Waals surface area contributed by atoms with Gasteiger partial charge in [0.1, 0.15) is 32.9 Å². The quantitative estimate of drug-likeness (QED) is 0.0174. The van der Waals surface area contributed by atoms with Crippen LogP contribution in [0.15, 0.2) is 239 Å². The molecule has 2 aliphatic heterocycles. The first-order valence-corrected chi connectivity index (χ1v) is 32.3. The van der Waals surface area contributed by atoms with Crippen LogP contribution in [0.4, 0.5) is 35.3 Å². The van der Waals surface area contributed by atoms with Gasteiger partial charge in [-0.3, -0.25) is 39.6 Å². The lowest BCUT2D eigenvalue weighted by Crippen LogP contribution is -2.51. The molecule has 0 bridgehead atoms. The summed E-state index contributed by atoms with van der Waals surface area (Å²) in [5, 5.41) is 27.3. The van der Waals surface area contributed by atoms with Gasteiger partial charge in [-0.05, 0) is 58.4 Å². The molecule has 3 unspecified atom stereocenters. The van der Waals surface area contributed by atoms with Gasteiger partial charge in [0.05, 0.1) is 34.9 Å². The molecule has 27 heteroatoms. The molecule has 11 rings (SSSR count). The Morgan fingerprint density at radius 1 is 0.485 bits per heavy atom. The molecule has 0 spiro atoms. The molecule has 10 amide bonds. The van der Waals surface area contributed by atoms with E-state index < -0.39 is 79.0 Å². The maximum atomic E-state index is 13.9. The van der Waals surface area contributed by atoms with Crippen LogP contribution in [-0.4, -0.2) is 127 Å². The van der Waals surface area contributed by atoms with Crippen LogP contribution in [0.3, 0.4) is 0 Å². The Balaban J connectivity index is 0.000000200. The predicted octanol–water partition coefficient (Wildman–Crippen LogP) is 9.47. The molecule has 8 aromatic rings. The number of alkyl carbamates (subject to hydrolysis) is 3. The van der Waals surface area contributed by atoms with E-state index in [2.05, 4.69) is 76.6 Å². The Morgan fingerprint density at radius 2 is 0.854 bits per heavy atom. The number of carbonyl (C=O) groups excluding carboxylic acids is 8. The summed E-state index contributed by atoms with van der Waals surface area (Å²) < 4.78 is 16.1. The third kappa shape index (κ3) is 21.1. The molecule has 103 heavy (non-hydrogen) atoms. The van der Waals surface area contributed by atoms with Crippen LogP contribution in [0.1, 0.15) is 84.5 Å². The molecular weight excluding hydrogens is 1320 g/mol. The van der Waals surface area contributed by atoms with Gasteiger partial charge in [-0.1, -0.05) is 228 Å². The van der Waals surface area contributed by atoms with Crippen LogP contribution in [0.25, 0.3) is 11.1 Å². The lowest BCUT2D eigenvalue weighted by Gasteiger charge is -2.25. The summed E-state index contributed by atoms with van der Waals surface area (Å²) in [6.45, 7) is 3.00. The zero-order valence-corrected chi connectivity index (χ0v) is 55.5. The summed E-state index contributed by atoms with van der Waals surface area (Å²) in [5.41, 5.74) is 24.8. The van der Waals surface area contributed by atoms with E-state index in [9.17, 15) is 48.3 Å². The number of carbonyl (C=O) groups is 9. The molecule has 530 valence electrons. The van der Waals surface area contributed by atoms with Crippen molar-refractivity contribution in [1.29, 1.82) is 0 Å². The van der Waals surface area contributed by atoms with Crippen molar-refractivity contribution >= 4 is 89.3 Å². The lowest BCUT2D eigenvalue weighted by molar-refractivity contribution is -0.136. The number of benzodiazepines with no additional fused rings is 2. The Labute approximate surface area is 594 Å². The lowest BCUT2D eigenvalue weighted by atomic mass is 9.98. The maximum Gasteiger partial charge on any atom is 0.409 e. The number of nitrogens with one attached hydrogen (secondary N) is 6. The Bertz CT molecular complexity index is 4370. The molecule has 11 N–H and O–H groups in total. The number of amides is 10. The highest BCUT2D eigenvalue weighted by molar-refractivity contribution is 6.22. The summed E-state index contributed by atoms with van der Waals surface area (Å²) in [7, 11) is 0. The summed E-state index contributed by atoms with van der Waals surface area (Å²) >= 11 is 0. The fourth-order valence-electron chi connectivity index (χ4n) is 11.0. The van der Waals surface area contributed by atoms with Gasteiger partial charge in [0, 0.05) is 40.6 Å². The van der Waals surface area contributed by atoms with Crippen LogP contribution in [-0.2, 0) is 46.6 Å². The number of nitrogens with zero attached hydrogens (tertiary/aromatic N) is 6. The van der Waals surface area contributed by atoms with Gasteiger partial charge in [-0.15, -0.1) is 0 Å². The summed E-state index contributed by atoms with van der Waals surface area (Å²) in [6, 6.07) is 64.4. The van der Waals surface area contributed by atoms with E-state index >= 15 is 0 Å². The highest BCUT2D eigenvalue weighted by Gasteiger charge is 2.37. The number of carboxylic acids is 1. The first kappa shape index (κ1) is 75.4. The molecule has 0 radical (unpaired) electrons. The van der Waals surface area contributed by atoms with Crippen molar-refractivity contribution in [3.8, 4) is 11.1 Å². The minimum absolute atomic E-state index is 0. The van der Waals surface area contributed by atoms with Crippen molar-refractivity contribution in [1.82, 2.24) is 32.1 Å². The number of anilines is 2. The molecule has 4 atom stereocenters. The number of benzene rings is 8. The number of urea groups is 2. The molecule has 8 aromatic carbocycles. The van der Waals surface area contributed by atoms with Gasteiger partial charge in [-0.25, -0.2) is 44.8 Å². The number of fused-ring (bicyclic) bond motifs is 5. The Hall–Kier alpha value is -13.3. The fourth-order valence-corrected chi connectivity index (χ4v) is 11.0. The van der Waals surface area contributed by atoms with Crippen LogP contribution in [0.5, 0.6) is 0 Å². The van der Waals surface area contributed by atoms with Gasteiger partial charge in [-0.2, -0.15) is 10.2 Å². The van der Waals surface area contributed by atoms with E-state index in [4.69, 9.17) is 25.7 Å². The van der Waals surface area contributed by atoms with E-state index in [0.29, 0.717) is 46.8 Å². The van der Waals surface area contributed by atoms with Crippen LogP contribution < -0.4 is 53.4 Å². The molecule has 1 aliphatic carbocycles. The second-order valence-corrected chi connectivity index (χ2v) is 22.8. The third-order valence-electron chi connectivity index (χ3n) is 15.8. The fraction of sp³-hybridized carbons (Fsp3) is 0.197. The van der Waals surface area contributed by atoms with Gasteiger partial charge < -0.3 is 41.4 Å². The van der Waals surface area contributed by atoms with Crippen molar-refractivity contribution in [2.24, 2.45) is 31.7 Å². The number of ether oxygens (including phenoxy) is 3. The number of para-hydroxylation sites is 2. The summed E-state index contributed by atoms with van der Waals surface area (Å²) in [6.07, 6.45) is -1.16. The number of hydrazone groups is 2. The average molecular weight is 1400 g/mol. The number of primary amides is 2. The van der Waals surface area contributed by atoms with Gasteiger partial charge in [0.25, 0.3) is 11.8 Å². The molecule has 0 aromatic heterocycles. The van der Waals surface area contributed by atoms with Crippen LogP contribution >= 0.6 is 0 Å². The number of nitrogens with two attached hydrogens (primary N) is 2. The maximum absolute atomic E-state index is 13.9. The topological polar surface area (TPSA) is 382 Å². The van der Waals surface area contributed by atoms with E-state index in [0.717, 1.165) is 38.3 Å². The third-order valence-corrected chi connectivity index (χ3v) is 15.8. The molecule has 0 fully saturated rings. The van der Waals surface area contributed by atoms with Crippen LogP contribution in [0.2, 0.25) is 0 Å². The Morgan fingerprint density at radius 3 is 1.26 bits per heavy atom. The normalized spacial score (nSPS) is 14.6. The van der Waals surface area contributed by atoms with Crippen molar-refractivity contribution in [3.63, 3.8) is 0 Å². The zero-order chi connectivity index (χ0) is 72.3. The van der Waals surface area contributed by atoms with E-state index in [1.54, 1.807) is 60.7 Å². The van der Waals surface area contributed by atoms with Crippen molar-refractivity contribution in [3.05, 3.63) is 263 Å². The minimum Gasteiger partial charge on any atom is -0.480 e. The highest BCUT2D eigenvalue weighted by Crippen LogP contribution is 2.44. The standard InChI is InChI=1S/C30H31N7O5.C25H21N3O5.C20H22N4O3.CH4/c1-2-22(17-32-36-29(31)40)33-25(38)18-37-24-16-10-9-15-23(24)26(21-13-7-4-8-14-21)34-27(28(37)39)35-30(41)42-19-20-11-5-3-6-12-20;29-21(30)15-28-20-14-8-7-13-19(20)22(18-11-5-2-6-12-18)26-23(24(28)31)27-25(32)33-16-17-9-3-1-4-10-17;1-2-13(11-22-24-19(21)25)23-20(26)27-12-18-16-9-5-3-7-14(16)15-8-4-6-10-17(15)18;/h3-17,22,27H,2,18-19H2,1H3,(H,33,38)(H,35,41)(H3,31,36,40);1-14,23H,15-16H2,(H,27,32)(H,29,30);3-11,13,18H,2,12H2,1H3,(H,23,26)(H3,21,24,25);1H4/b32-17+;;22-11+;/t;;13-;/m..0./s1. The highest BCUT2D eigenvalue weighted by atomic mass is 16.6. The van der Waals surface area contributed by atoms with Crippen molar-refractivity contribution in [2.75, 3.05) is 29.5 Å². The van der Waals surface area contributed by atoms with Gasteiger partial charge in [0.15, 0.2) is 0 Å². The monoisotopic (exact) mass is 1390 g/mol. The van der Waals surface area contributed by atoms with E-state index in [1.807, 2.05) is 147 Å². The molecular formula is C76H78N14O13. The van der Waals surface area contributed by atoms with Gasteiger partial charge >= 0.3 is 36.3 Å². The largest absolute Gasteiger partial charge is 0.480 e. The number of aliphatic imine (C=N–C) groups is 2. The number of carboxylic acid groups (broad SMARTS) is 1. The Kier molecular flexibility index (Phi) is 27.5. The first-order valence-electron chi connectivity index (χ1n) is 32.3. The second-order valence-electron chi connectivity index (χ2n) is 22.8. The van der Waals surface area contributed by atoms with E-state index in [1.165, 1.54) is 28.5 Å². The summed E-state index contributed by atoms with van der Waals surface area (Å²) in [4.78, 5) is 123. The number of rotatable bonds is 22. The average Bonchev–Trinajstić information content (AvgIpc) is 1.66. The molecule has 27 nitrogen and oxygen atoms in total. The van der Waals surface area contributed by atoms with Crippen molar-refractivity contribution < 1.29 is 62.5 Å². The molecule has 2 heterocycles. The van der Waals surface area contributed by atoms with Gasteiger partial charge in [0.2, 0.25) is 18.2 Å². The number of hydrogen-bond acceptors (Lipinski definition) is 16. The molecule has 0 saturated heterocycles. The van der Waals surface area contributed by atoms with Crippen LogP contribution in [0, 0.1) is 0 Å². The zero-order valence-electron chi connectivity index (χ0n) is 55.5. The predicted molar refractivity (Wildman–Crippen MR) is 390 cm³/mol. The first-order chi connectivity index (χ1) is 49.5. The minimum atomic E-state index is -1.38. The smallest absolute Gasteiger partial charge is 0.409 e.